The standard InChI is InChI=1S/C16H23NO2/c1-11-5-8-15-13(9-11)10-16(19-15)14(17-3)7-6-12(2)18-4/h5,8-10,12,14,17H,6-7H2,1-4H3. The van der Waals surface area contributed by atoms with Gasteiger partial charge in [0.05, 0.1) is 12.1 Å². The Kier molecular flexibility index (Phi) is 4.61. The van der Waals surface area contributed by atoms with E-state index < -0.39 is 0 Å². The van der Waals surface area contributed by atoms with E-state index in [0.717, 1.165) is 24.2 Å². The summed E-state index contributed by atoms with van der Waals surface area (Å²) >= 11 is 0. The largest absolute Gasteiger partial charge is 0.459 e. The zero-order valence-electron chi connectivity index (χ0n) is 12.2. The molecule has 0 saturated carbocycles. The molecule has 0 aliphatic heterocycles. The Morgan fingerprint density at radius 1 is 1.26 bits per heavy atom. The second kappa shape index (κ2) is 6.22. The van der Waals surface area contributed by atoms with Crippen molar-refractivity contribution in [2.24, 2.45) is 0 Å². The van der Waals surface area contributed by atoms with Gasteiger partial charge in [0.2, 0.25) is 0 Å². The van der Waals surface area contributed by atoms with Crippen molar-refractivity contribution in [3.63, 3.8) is 0 Å². The molecule has 104 valence electrons. The van der Waals surface area contributed by atoms with Crippen LogP contribution in [0.4, 0.5) is 0 Å². The first kappa shape index (κ1) is 14.1. The lowest BCUT2D eigenvalue weighted by Crippen LogP contribution is -2.18. The van der Waals surface area contributed by atoms with Gasteiger partial charge in [-0.3, -0.25) is 0 Å². The molecule has 1 heterocycles. The van der Waals surface area contributed by atoms with Gasteiger partial charge in [0.1, 0.15) is 11.3 Å². The minimum Gasteiger partial charge on any atom is -0.459 e. The van der Waals surface area contributed by atoms with E-state index in [9.17, 15) is 0 Å². The summed E-state index contributed by atoms with van der Waals surface area (Å²) in [4.78, 5) is 0. The first-order chi connectivity index (χ1) is 9.13. The fourth-order valence-corrected chi connectivity index (χ4v) is 2.30. The molecule has 0 aliphatic rings. The van der Waals surface area contributed by atoms with Gasteiger partial charge in [-0.2, -0.15) is 0 Å². The van der Waals surface area contributed by atoms with E-state index in [2.05, 4.69) is 37.4 Å². The summed E-state index contributed by atoms with van der Waals surface area (Å²) in [5.41, 5.74) is 2.22. The lowest BCUT2D eigenvalue weighted by atomic mass is 10.1. The van der Waals surface area contributed by atoms with Crippen LogP contribution < -0.4 is 5.32 Å². The van der Waals surface area contributed by atoms with Crippen LogP contribution >= 0.6 is 0 Å². The number of benzene rings is 1. The van der Waals surface area contributed by atoms with Crippen LogP contribution in [0.25, 0.3) is 11.0 Å². The van der Waals surface area contributed by atoms with E-state index >= 15 is 0 Å². The first-order valence-corrected chi connectivity index (χ1v) is 6.84. The van der Waals surface area contributed by atoms with Crippen LogP contribution in [0, 0.1) is 6.92 Å². The monoisotopic (exact) mass is 261 g/mol. The van der Waals surface area contributed by atoms with Crippen molar-refractivity contribution in [2.45, 2.75) is 38.8 Å². The predicted octanol–water partition coefficient (Wildman–Crippen LogP) is 3.82. The zero-order valence-corrected chi connectivity index (χ0v) is 12.2. The molecule has 2 unspecified atom stereocenters. The zero-order chi connectivity index (χ0) is 13.8. The second-order valence-electron chi connectivity index (χ2n) is 5.15. The van der Waals surface area contributed by atoms with Crippen molar-refractivity contribution in [2.75, 3.05) is 14.2 Å². The van der Waals surface area contributed by atoms with Gasteiger partial charge in [-0.05, 0) is 51.9 Å². The van der Waals surface area contributed by atoms with E-state index in [1.807, 2.05) is 13.1 Å². The number of aryl methyl sites for hydroxylation is 1. The summed E-state index contributed by atoms with van der Waals surface area (Å²) in [5.74, 6) is 1.01. The van der Waals surface area contributed by atoms with E-state index in [-0.39, 0.29) is 12.1 Å². The van der Waals surface area contributed by atoms with Crippen molar-refractivity contribution in [3.8, 4) is 0 Å². The molecule has 3 heteroatoms. The maximum absolute atomic E-state index is 5.94. The van der Waals surface area contributed by atoms with Crippen molar-refractivity contribution < 1.29 is 9.15 Å². The number of furan rings is 1. The fraction of sp³-hybridized carbons (Fsp3) is 0.500. The molecular weight excluding hydrogens is 238 g/mol. The molecule has 0 radical (unpaired) electrons. The average Bonchev–Trinajstić information content (AvgIpc) is 2.81. The summed E-state index contributed by atoms with van der Waals surface area (Å²) in [5, 5.41) is 4.50. The molecule has 0 fully saturated rings. The third-order valence-electron chi connectivity index (χ3n) is 3.65. The van der Waals surface area contributed by atoms with Gasteiger partial charge in [-0.1, -0.05) is 11.6 Å². The molecule has 2 aromatic rings. The maximum Gasteiger partial charge on any atom is 0.134 e. The fourth-order valence-electron chi connectivity index (χ4n) is 2.30. The molecular formula is C16H23NO2. The van der Waals surface area contributed by atoms with Crippen LogP contribution in [0.3, 0.4) is 0 Å². The first-order valence-electron chi connectivity index (χ1n) is 6.84. The normalized spacial score (nSPS) is 14.7. The highest BCUT2D eigenvalue weighted by atomic mass is 16.5. The van der Waals surface area contributed by atoms with Crippen molar-refractivity contribution >= 4 is 11.0 Å². The smallest absolute Gasteiger partial charge is 0.134 e. The Bertz CT molecular complexity index is 533. The summed E-state index contributed by atoms with van der Waals surface area (Å²) in [6, 6.07) is 8.66. The van der Waals surface area contributed by atoms with Crippen LogP contribution in [-0.4, -0.2) is 20.3 Å². The highest BCUT2D eigenvalue weighted by Gasteiger charge is 2.15. The minimum absolute atomic E-state index is 0.241. The lowest BCUT2D eigenvalue weighted by Gasteiger charge is -2.16. The molecule has 0 bridgehead atoms. The Morgan fingerprint density at radius 2 is 2.05 bits per heavy atom. The van der Waals surface area contributed by atoms with E-state index in [1.165, 1.54) is 10.9 Å². The Morgan fingerprint density at radius 3 is 2.74 bits per heavy atom. The third kappa shape index (κ3) is 3.37. The summed E-state index contributed by atoms with van der Waals surface area (Å²) in [6.07, 6.45) is 2.30. The van der Waals surface area contributed by atoms with Gasteiger partial charge in [0, 0.05) is 12.5 Å². The molecule has 0 amide bonds. The quantitative estimate of drug-likeness (QED) is 0.858. The molecule has 1 N–H and O–H groups in total. The molecule has 0 saturated heterocycles. The Hall–Kier alpha value is -1.32. The molecule has 1 aromatic carbocycles. The Balaban J connectivity index is 2.16. The Labute approximate surface area is 114 Å². The van der Waals surface area contributed by atoms with E-state index in [0.29, 0.717) is 0 Å². The molecule has 3 nitrogen and oxygen atoms in total. The second-order valence-corrected chi connectivity index (χ2v) is 5.15. The van der Waals surface area contributed by atoms with E-state index in [4.69, 9.17) is 9.15 Å². The molecule has 0 spiro atoms. The topological polar surface area (TPSA) is 34.4 Å². The number of rotatable bonds is 6. The number of ether oxygens (including phenoxy) is 1. The highest BCUT2D eigenvalue weighted by molar-refractivity contribution is 5.78. The van der Waals surface area contributed by atoms with Crippen molar-refractivity contribution in [1.29, 1.82) is 0 Å². The van der Waals surface area contributed by atoms with Crippen LogP contribution in [0.5, 0.6) is 0 Å². The van der Waals surface area contributed by atoms with E-state index in [1.54, 1.807) is 7.11 Å². The van der Waals surface area contributed by atoms with Crippen molar-refractivity contribution in [1.82, 2.24) is 5.32 Å². The highest BCUT2D eigenvalue weighted by Crippen LogP contribution is 2.27. The van der Waals surface area contributed by atoms with Gasteiger partial charge >= 0.3 is 0 Å². The van der Waals surface area contributed by atoms with Crippen LogP contribution in [0.1, 0.15) is 37.1 Å². The molecule has 1 aromatic heterocycles. The summed E-state index contributed by atoms with van der Waals surface area (Å²) in [7, 11) is 3.73. The molecule has 2 atom stereocenters. The maximum atomic E-state index is 5.94. The molecule has 0 aliphatic carbocycles. The van der Waals surface area contributed by atoms with Crippen LogP contribution in [0.15, 0.2) is 28.7 Å². The number of hydrogen-bond acceptors (Lipinski definition) is 3. The third-order valence-corrected chi connectivity index (χ3v) is 3.65. The average molecular weight is 261 g/mol. The lowest BCUT2D eigenvalue weighted by molar-refractivity contribution is 0.105. The van der Waals surface area contributed by atoms with Gasteiger partial charge in [0.15, 0.2) is 0 Å². The number of nitrogens with one attached hydrogen (secondary N) is 1. The van der Waals surface area contributed by atoms with Gasteiger partial charge < -0.3 is 14.5 Å². The summed E-state index contributed by atoms with van der Waals surface area (Å²) < 4.78 is 11.2. The van der Waals surface area contributed by atoms with Crippen LogP contribution in [-0.2, 0) is 4.74 Å². The van der Waals surface area contributed by atoms with Crippen LogP contribution in [0.2, 0.25) is 0 Å². The van der Waals surface area contributed by atoms with Gasteiger partial charge in [-0.25, -0.2) is 0 Å². The molecule has 2 rings (SSSR count). The minimum atomic E-state index is 0.241. The SMILES string of the molecule is CNC(CCC(C)OC)c1cc2cc(C)ccc2o1. The summed E-state index contributed by atoms with van der Waals surface area (Å²) in [6.45, 7) is 4.19. The molecule has 19 heavy (non-hydrogen) atoms. The number of hydrogen-bond donors (Lipinski definition) is 1. The van der Waals surface area contributed by atoms with Gasteiger partial charge in [0.25, 0.3) is 0 Å². The number of methoxy groups -OCH3 is 1. The van der Waals surface area contributed by atoms with Gasteiger partial charge in [-0.15, -0.1) is 0 Å². The number of fused-ring (bicyclic) bond motifs is 1. The predicted molar refractivity (Wildman–Crippen MR) is 78.5 cm³/mol. The van der Waals surface area contributed by atoms with Crippen molar-refractivity contribution in [3.05, 3.63) is 35.6 Å².